The number of amides is 2. The van der Waals surface area contributed by atoms with Crippen LogP contribution in [0.3, 0.4) is 0 Å². The summed E-state index contributed by atoms with van der Waals surface area (Å²) in [7, 11) is 0. The van der Waals surface area contributed by atoms with Crippen LogP contribution in [0.1, 0.15) is 21.5 Å². The van der Waals surface area contributed by atoms with Gasteiger partial charge in [-0.3, -0.25) is 9.59 Å². The number of carbonyl (C=O) groups is 2. The second kappa shape index (κ2) is 8.34. The molecule has 0 radical (unpaired) electrons. The van der Waals surface area contributed by atoms with E-state index in [4.69, 9.17) is 11.6 Å². The van der Waals surface area contributed by atoms with Gasteiger partial charge < -0.3 is 10.6 Å². The Morgan fingerprint density at radius 2 is 1.70 bits per heavy atom. The molecule has 5 heteroatoms. The predicted molar refractivity (Wildman–Crippen MR) is 91.7 cm³/mol. The molecule has 0 aliphatic rings. The molecule has 0 bridgehead atoms. The Hall–Kier alpha value is -2.33. The standard InChI is InChI=1S/C18H19ClN2O2/c1-13-3-2-4-15(11-13)18(23)21-10-9-20-17(22)12-14-5-7-16(19)8-6-14/h2-8,11H,9-10,12H2,1H3,(H,20,22)(H,21,23). The zero-order chi connectivity index (χ0) is 16.7. The van der Waals surface area contributed by atoms with Crippen LogP contribution in [-0.2, 0) is 11.2 Å². The fourth-order valence-electron chi connectivity index (χ4n) is 2.12. The average molecular weight is 331 g/mol. The number of halogens is 1. The fraction of sp³-hybridized carbons (Fsp3) is 0.222. The van der Waals surface area contributed by atoms with E-state index in [0.29, 0.717) is 30.1 Å². The van der Waals surface area contributed by atoms with Crippen LogP contribution in [0.25, 0.3) is 0 Å². The monoisotopic (exact) mass is 330 g/mol. The first kappa shape index (κ1) is 17.0. The minimum Gasteiger partial charge on any atom is -0.354 e. The van der Waals surface area contributed by atoms with Gasteiger partial charge >= 0.3 is 0 Å². The van der Waals surface area contributed by atoms with Gasteiger partial charge in [0.25, 0.3) is 5.91 Å². The maximum absolute atomic E-state index is 11.9. The van der Waals surface area contributed by atoms with Gasteiger partial charge in [0.05, 0.1) is 6.42 Å². The molecule has 2 aromatic carbocycles. The molecule has 0 saturated carbocycles. The van der Waals surface area contributed by atoms with Crippen LogP contribution >= 0.6 is 11.6 Å². The zero-order valence-electron chi connectivity index (χ0n) is 12.9. The van der Waals surface area contributed by atoms with Crippen molar-refractivity contribution < 1.29 is 9.59 Å². The van der Waals surface area contributed by atoms with E-state index < -0.39 is 0 Å². The molecule has 0 aromatic heterocycles. The molecular weight excluding hydrogens is 312 g/mol. The van der Waals surface area contributed by atoms with Crippen LogP contribution in [0.15, 0.2) is 48.5 Å². The first-order valence-electron chi connectivity index (χ1n) is 7.40. The van der Waals surface area contributed by atoms with Crippen molar-refractivity contribution in [3.05, 3.63) is 70.2 Å². The molecule has 0 aliphatic carbocycles. The van der Waals surface area contributed by atoms with Gasteiger partial charge in [-0.25, -0.2) is 0 Å². The van der Waals surface area contributed by atoms with Gasteiger partial charge in [-0.15, -0.1) is 0 Å². The Kier molecular flexibility index (Phi) is 6.18. The number of benzene rings is 2. The molecular formula is C18H19ClN2O2. The molecule has 23 heavy (non-hydrogen) atoms. The molecule has 0 spiro atoms. The van der Waals surface area contributed by atoms with E-state index in [0.717, 1.165) is 11.1 Å². The van der Waals surface area contributed by atoms with Crippen LogP contribution < -0.4 is 10.6 Å². The van der Waals surface area contributed by atoms with Crippen LogP contribution in [0.4, 0.5) is 0 Å². The van der Waals surface area contributed by atoms with Gasteiger partial charge in [-0.05, 0) is 36.8 Å². The summed E-state index contributed by atoms with van der Waals surface area (Å²) >= 11 is 5.80. The van der Waals surface area contributed by atoms with Crippen molar-refractivity contribution in [2.75, 3.05) is 13.1 Å². The minimum absolute atomic E-state index is 0.0860. The highest BCUT2D eigenvalue weighted by Crippen LogP contribution is 2.09. The summed E-state index contributed by atoms with van der Waals surface area (Å²) in [6, 6.07) is 14.5. The molecule has 120 valence electrons. The molecule has 0 saturated heterocycles. The zero-order valence-corrected chi connectivity index (χ0v) is 13.7. The van der Waals surface area contributed by atoms with Gasteiger partial charge in [0, 0.05) is 23.7 Å². The molecule has 2 amide bonds. The highest BCUT2D eigenvalue weighted by atomic mass is 35.5. The summed E-state index contributed by atoms with van der Waals surface area (Å²) in [4.78, 5) is 23.7. The highest BCUT2D eigenvalue weighted by molar-refractivity contribution is 6.30. The lowest BCUT2D eigenvalue weighted by atomic mass is 10.1. The van der Waals surface area contributed by atoms with Gasteiger partial charge in [-0.1, -0.05) is 41.4 Å². The number of nitrogens with one attached hydrogen (secondary N) is 2. The summed E-state index contributed by atoms with van der Waals surface area (Å²) < 4.78 is 0. The lowest BCUT2D eigenvalue weighted by Crippen LogP contribution is -2.35. The van der Waals surface area contributed by atoms with Gasteiger partial charge in [-0.2, -0.15) is 0 Å². The van der Waals surface area contributed by atoms with E-state index in [1.54, 1.807) is 18.2 Å². The second-order valence-corrected chi connectivity index (χ2v) is 5.72. The van der Waals surface area contributed by atoms with E-state index in [1.807, 2.05) is 37.3 Å². The Morgan fingerprint density at radius 1 is 1.00 bits per heavy atom. The van der Waals surface area contributed by atoms with Gasteiger partial charge in [0.15, 0.2) is 0 Å². The maximum Gasteiger partial charge on any atom is 0.251 e. The maximum atomic E-state index is 11.9. The van der Waals surface area contributed by atoms with Crippen LogP contribution in [0, 0.1) is 6.92 Å². The molecule has 0 fully saturated rings. The normalized spacial score (nSPS) is 10.2. The van der Waals surface area contributed by atoms with Crippen molar-refractivity contribution in [1.29, 1.82) is 0 Å². The molecule has 0 atom stereocenters. The first-order valence-corrected chi connectivity index (χ1v) is 7.78. The molecule has 2 rings (SSSR count). The van der Waals surface area contributed by atoms with Crippen LogP contribution in [-0.4, -0.2) is 24.9 Å². The van der Waals surface area contributed by atoms with Crippen LogP contribution in [0.5, 0.6) is 0 Å². The van der Waals surface area contributed by atoms with Gasteiger partial charge in [0.2, 0.25) is 5.91 Å². The Bertz CT molecular complexity index is 684. The topological polar surface area (TPSA) is 58.2 Å². The third kappa shape index (κ3) is 5.75. The molecule has 2 N–H and O–H groups in total. The van der Waals surface area contributed by atoms with E-state index in [2.05, 4.69) is 10.6 Å². The van der Waals surface area contributed by atoms with Crippen molar-refractivity contribution in [3.8, 4) is 0 Å². The summed E-state index contributed by atoms with van der Waals surface area (Å²) in [5.74, 6) is -0.224. The third-order valence-corrected chi connectivity index (χ3v) is 3.54. The number of hydrogen-bond donors (Lipinski definition) is 2. The van der Waals surface area contributed by atoms with Crippen molar-refractivity contribution >= 4 is 23.4 Å². The molecule has 0 unspecified atom stereocenters. The first-order chi connectivity index (χ1) is 11.0. The minimum atomic E-state index is -0.138. The fourth-order valence-corrected chi connectivity index (χ4v) is 2.24. The number of rotatable bonds is 6. The Morgan fingerprint density at radius 3 is 2.39 bits per heavy atom. The van der Waals surface area contributed by atoms with Crippen molar-refractivity contribution in [2.45, 2.75) is 13.3 Å². The van der Waals surface area contributed by atoms with Crippen LogP contribution in [0.2, 0.25) is 5.02 Å². The number of hydrogen-bond acceptors (Lipinski definition) is 2. The summed E-state index contributed by atoms with van der Waals surface area (Å²) in [5, 5.41) is 6.21. The lowest BCUT2D eigenvalue weighted by Gasteiger charge is -2.08. The quantitative estimate of drug-likeness (QED) is 0.800. The Balaban J connectivity index is 1.69. The molecule has 2 aromatic rings. The summed E-state index contributed by atoms with van der Waals surface area (Å²) in [5.41, 5.74) is 2.56. The van der Waals surface area contributed by atoms with E-state index in [1.165, 1.54) is 0 Å². The third-order valence-electron chi connectivity index (χ3n) is 3.29. The molecule has 4 nitrogen and oxygen atoms in total. The summed E-state index contributed by atoms with van der Waals surface area (Å²) in [6.45, 7) is 2.72. The molecule has 0 heterocycles. The molecule has 0 aliphatic heterocycles. The predicted octanol–water partition coefficient (Wildman–Crippen LogP) is 2.74. The smallest absolute Gasteiger partial charge is 0.251 e. The van der Waals surface area contributed by atoms with E-state index in [9.17, 15) is 9.59 Å². The number of aryl methyl sites for hydroxylation is 1. The van der Waals surface area contributed by atoms with E-state index >= 15 is 0 Å². The second-order valence-electron chi connectivity index (χ2n) is 5.28. The van der Waals surface area contributed by atoms with Gasteiger partial charge in [0.1, 0.15) is 0 Å². The lowest BCUT2D eigenvalue weighted by molar-refractivity contribution is -0.120. The average Bonchev–Trinajstić information content (AvgIpc) is 2.53. The largest absolute Gasteiger partial charge is 0.354 e. The Labute approximate surface area is 140 Å². The summed E-state index contributed by atoms with van der Waals surface area (Å²) in [6.07, 6.45) is 0.295. The van der Waals surface area contributed by atoms with Crippen molar-refractivity contribution in [2.24, 2.45) is 0 Å². The number of carbonyl (C=O) groups excluding carboxylic acids is 2. The highest BCUT2D eigenvalue weighted by Gasteiger charge is 2.06. The van der Waals surface area contributed by atoms with Crippen molar-refractivity contribution in [1.82, 2.24) is 10.6 Å². The van der Waals surface area contributed by atoms with Crippen molar-refractivity contribution in [3.63, 3.8) is 0 Å². The van der Waals surface area contributed by atoms with E-state index in [-0.39, 0.29) is 11.8 Å². The SMILES string of the molecule is Cc1cccc(C(=O)NCCNC(=O)Cc2ccc(Cl)cc2)c1.